The predicted octanol–water partition coefficient (Wildman–Crippen LogP) is 4.11. The van der Waals surface area contributed by atoms with Crippen LogP contribution in [0, 0.1) is 12.3 Å². The van der Waals surface area contributed by atoms with Crippen LogP contribution in [0.4, 0.5) is 0 Å². The molecule has 0 aliphatic carbocycles. The van der Waals surface area contributed by atoms with E-state index in [4.69, 9.17) is 4.42 Å². The van der Waals surface area contributed by atoms with E-state index < -0.39 is 0 Å². The molecule has 3 heteroatoms. The van der Waals surface area contributed by atoms with Gasteiger partial charge in [-0.15, -0.1) is 0 Å². The number of hydrogen-bond donors (Lipinski definition) is 1. The second kappa shape index (κ2) is 6.97. The van der Waals surface area contributed by atoms with Crippen LogP contribution < -0.4 is 16.0 Å². The first kappa shape index (κ1) is 19.4. The molecule has 0 fully saturated rings. The Morgan fingerprint density at radius 1 is 1.19 bits per heavy atom. The van der Waals surface area contributed by atoms with Gasteiger partial charge < -0.3 is 9.52 Å². The van der Waals surface area contributed by atoms with Crippen molar-refractivity contribution in [2.24, 2.45) is 10.4 Å². The van der Waals surface area contributed by atoms with Crippen molar-refractivity contribution < 1.29 is 9.52 Å². The molecule has 1 aromatic heterocycles. The van der Waals surface area contributed by atoms with Gasteiger partial charge in [-0.1, -0.05) is 65.5 Å². The van der Waals surface area contributed by atoms with Crippen LogP contribution in [0.25, 0.3) is 34.4 Å². The maximum atomic E-state index is 9.57. The van der Waals surface area contributed by atoms with E-state index in [0.29, 0.717) is 0 Å². The summed E-state index contributed by atoms with van der Waals surface area (Å²) >= 11 is 0. The molecule has 3 nitrogen and oxygen atoms in total. The molecule has 0 atom stereocenters. The fraction of sp³-hybridized carbons (Fsp3) is 0.375. The van der Waals surface area contributed by atoms with Gasteiger partial charge in [0.2, 0.25) is 0 Å². The summed E-state index contributed by atoms with van der Waals surface area (Å²) in [4.78, 5) is 4.41. The Morgan fingerprint density at radius 2 is 1.81 bits per heavy atom. The predicted molar refractivity (Wildman–Crippen MR) is 114 cm³/mol. The highest BCUT2D eigenvalue weighted by molar-refractivity contribution is 6.03. The molecule has 0 spiro atoms. The van der Waals surface area contributed by atoms with Crippen LogP contribution in [-0.4, -0.2) is 11.8 Å². The first-order valence-corrected chi connectivity index (χ1v) is 9.47. The molecule has 3 rings (SSSR count). The second-order valence-electron chi connectivity index (χ2n) is 8.55. The molecule has 2 aromatic carbocycles. The quantitative estimate of drug-likeness (QED) is 0.697. The van der Waals surface area contributed by atoms with Gasteiger partial charge in [-0.25, -0.2) is 0 Å². The smallest absolute Gasteiger partial charge is 0.141 e. The van der Waals surface area contributed by atoms with E-state index in [1.165, 1.54) is 16.3 Å². The van der Waals surface area contributed by atoms with Crippen molar-refractivity contribution in [3.63, 3.8) is 0 Å². The number of rotatable bonds is 2. The summed E-state index contributed by atoms with van der Waals surface area (Å²) < 4.78 is 6.48. The first-order chi connectivity index (χ1) is 12.7. The summed E-state index contributed by atoms with van der Waals surface area (Å²) in [5.74, 6) is 0.280. The number of aliphatic hydroxyl groups is 1. The fourth-order valence-electron chi connectivity index (χ4n) is 3.77. The van der Waals surface area contributed by atoms with Crippen LogP contribution in [0.1, 0.15) is 51.7 Å². The van der Waals surface area contributed by atoms with Gasteiger partial charge in [0.05, 0.1) is 5.36 Å². The standard InChI is InChI=1S/C24H29NO2/c1-14(2)20-18-11-9-8-10-17(18)15(3)21-22(25-13-26)16(4)19(27-23(20)21)12-24(5,6)7/h8-12,14,26H,4,13H2,1-3,5-7H3/b19-12+,25-22-. The largest absolute Gasteiger partial charge is 0.456 e. The maximum absolute atomic E-state index is 9.57. The summed E-state index contributed by atoms with van der Waals surface area (Å²) in [5, 5.41) is 14.4. The number of fused-ring (bicyclic) bond motifs is 2. The van der Waals surface area contributed by atoms with Crippen molar-refractivity contribution in [3.8, 4) is 0 Å². The Bertz CT molecular complexity index is 1190. The Labute approximate surface area is 160 Å². The fourth-order valence-corrected chi connectivity index (χ4v) is 3.77. The zero-order valence-electron chi connectivity index (χ0n) is 17.2. The van der Waals surface area contributed by atoms with Crippen molar-refractivity contribution in [1.29, 1.82) is 0 Å². The molecule has 142 valence electrons. The number of benzene rings is 2. The second-order valence-corrected chi connectivity index (χ2v) is 8.55. The Hall–Kier alpha value is -2.39. The number of hydrogen-bond acceptors (Lipinski definition) is 3. The molecular formula is C24H29NO2. The van der Waals surface area contributed by atoms with E-state index in [1.54, 1.807) is 0 Å². The van der Waals surface area contributed by atoms with Crippen LogP contribution in [0.2, 0.25) is 0 Å². The third kappa shape index (κ3) is 3.44. The van der Waals surface area contributed by atoms with E-state index in [1.807, 2.05) is 0 Å². The van der Waals surface area contributed by atoms with Crippen molar-refractivity contribution >= 4 is 34.4 Å². The lowest BCUT2D eigenvalue weighted by molar-refractivity contribution is 0.305. The Morgan fingerprint density at radius 3 is 2.37 bits per heavy atom. The topological polar surface area (TPSA) is 45.7 Å². The van der Waals surface area contributed by atoms with E-state index in [0.717, 1.165) is 32.5 Å². The van der Waals surface area contributed by atoms with Crippen LogP contribution in [0.5, 0.6) is 0 Å². The number of aliphatic hydroxyl groups excluding tert-OH is 1. The lowest BCUT2D eigenvalue weighted by atomic mass is 9.90. The molecule has 0 aliphatic rings. The molecule has 27 heavy (non-hydrogen) atoms. The van der Waals surface area contributed by atoms with E-state index in [2.05, 4.69) is 83.5 Å². The zero-order chi connectivity index (χ0) is 19.9. The molecule has 0 radical (unpaired) electrons. The Balaban J connectivity index is 2.74. The van der Waals surface area contributed by atoms with Gasteiger partial charge in [0.15, 0.2) is 0 Å². The van der Waals surface area contributed by atoms with Gasteiger partial charge >= 0.3 is 0 Å². The third-order valence-electron chi connectivity index (χ3n) is 4.87. The number of nitrogens with zero attached hydrogens (tertiary/aromatic N) is 1. The maximum Gasteiger partial charge on any atom is 0.141 e. The lowest BCUT2D eigenvalue weighted by Crippen LogP contribution is -2.40. The van der Waals surface area contributed by atoms with E-state index in [-0.39, 0.29) is 18.1 Å². The average Bonchev–Trinajstić information content (AvgIpc) is 2.57. The summed E-state index contributed by atoms with van der Waals surface area (Å²) in [6, 6.07) is 8.41. The lowest BCUT2D eigenvalue weighted by Gasteiger charge is -2.17. The highest BCUT2D eigenvalue weighted by Gasteiger charge is 2.18. The molecule has 1 heterocycles. The van der Waals surface area contributed by atoms with Crippen LogP contribution >= 0.6 is 0 Å². The number of aryl methyl sites for hydroxylation is 1. The van der Waals surface area contributed by atoms with Crippen LogP contribution in [0.3, 0.4) is 0 Å². The normalized spacial score (nSPS) is 14.1. The van der Waals surface area contributed by atoms with Crippen LogP contribution in [-0.2, 0) is 0 Å². The zero-order valence-corrected chi connectivity index (χ0v) is 17.2. The van der Waals surface area contributed by atoms with Gasteiger partial charge in [0, 0.05) is 16.2 Å². The SMILES string of the molecule is C=c1/c(=C\C(C)(C)C)oc2c(C(C)C)c3ccccc3c(C)c2/c1=N\CO. The highest BCUT2D eigenvalue weighted by Crippen LogP contribution is 2.34. The molecule has 0 amide bonds. The van der Waals surface area contributed by atoms with Crippen molar-refractivity contribution in [2.45, 2.75) is 47.5 Å². The minimum atomic E-state index is -0.278. The van der Waals surface area contributed by atoms with Crippen molar-refractivity contribution in [2.75, 3.05) is 6.73 Å². The molecule has 1 N–H and O–H groups in total. The summed E-state index contributed by atoms with van der Waals surface area (Å²) in [7, 11) is 0. The molecule has 0 unspecified atom stereocenters. The minimum Gasteiger partial charge on any atom is -0.456 e. The van der Waals surface area contributed by atoms with Crippen molar-refractivity contribution in [1.82, 2.24) is 0 Å². The molecule has 0 aliphatic heterocycles. The van der Waals surface area contributed by atoms with Gasteiger partial charge in [0.1, 0.15) is 17.7 Å². The first-order valence-electron chi connectivity index (χ1n) is 9.47. The molecular weight excluding hydrogens is 334 g/mol. The Kier molecular flexibility index (Phi) is 5.00. The summed E-state index contributed by atoms with van der Waals surface area (Å²) in [5.41, 5.74) is 3.77. The molecule has 0 saturated heterocycles. The van der Waals surface area contributed by atoms with Gasteiger partial charge in [-0.2, -0.15) is 0 Å². The van der Waals surface area contributed by atoms with Crippen LogP contribution in [0.15, 0.2) is 33.7 Å². The molecule has 0 saturated carbocycles. The molecule has 0 bridgehead atoms. The highest BCUT2D eigenvalue weighted by atomic mass is 16.3. The van der Waals surface area contributed by atoms with Gasteiger partial charge in [-0.05, 0) is 40.7 Å². The van der Waals surface area contributed by atoms with E-state index >= 15 is 0 Å². The van der Waals surface area contributed by atoms with E-state index in [9.17, 15) is 5.11 Å². The van der Waals surface area contributed by atoms with Gasteiger partial charge in [-0.3, -0.25) is 4.99 Å². The average molecular weight is 364 g/mol. The van der Waals surface area contributed by atoms with Crippen molar-refractivity contribution in [3.05, 3.63) is 51.4 Å². The summed E-state index contributed by atoms with van der Waals surface area (Å²) in [6.07, 6.45) is 2.08. The summed E-state index contributed by atoms with van der Waals surface area (Å²) in [6.45, 7) is 16.8. The monoisotopic (exact) mass is 363 g/mol. The third-order valence-corrected chi connectivity index (χ3v) is 4.87. The van der Waals surface area contributed by atoms with Gasteiger partial charge in [0.25, 0.3) is 0 Å². The minimum absolute atomic E-state index is 0.0655. The molecule has 3 aromatic rings.